The van der Waals surface area contributed by atoms with Gasteiger partial charge in [0, 0.05) is 26.2 Å². The molecule has 1 aromatic carbocycles. The molecule has 1 fully saturated rings. The third-order valence-corrected chi connectivity index (χ3v) is 4.73. The maximum Gasteiger partial charge on any atom is 0.257 e. The Morgan fingerprint density at radius 1 is 1.38 bits per heavy atom. The molecule has 0 saturated carbocycles. The standard InChI is InChI=1S/C19H30N2O3/c1-3-15(2)17-6-4-5-7-18(17)24-14-19(23)20-10-13-21-11-8-16(22)9-12-21/h4-7,15-16,22H,3,8-14H2,1-2H3,(H,20,23)/t15-/m1/s1. The molecule has 5 nitrogen and oxygen atoms in total. The van der Waals surface area contributed by atoms with Crippen LogP contribution < -0.4 is 10.1 Å². The van der Waals surface area contributed by atoms with Crippen molar-refractivity contribution in [3.63, 3.8) is 0 Å². The average molecular weight is 334 g/mol. The van der Waals surface area contributed by atoms with Gasteiger partial charge in [0.25, 0.3) is 5.91 Å². The van der Waals surface area contributed by atoms with Crippen LogP contribution in [-0.4, -0.2) is 54.8 Å². The first-order chi connectivity index (χ1) is 11.6. The highest BCUT2D eigenvalue weighted by atomic mass is 16.5. The summed E-state index contributed by atoms with van der Waals surface area (Å²) in [5.74, 6) is 1.12. The molecule has 2 rings (SSSR count). The molecule has 0 aromatic heterocycles. The van der Waals surface area contributed by atoms with Crippen molar-refractivity contribution in [1.29, 1.82) is 0 Å². The number of hydrogen-bond acceptors (Lipinski definition) is 4. The largest absolute Gasteiger partial charge is 0.483 e. The number of nitrogens with zero attached hydrogens (tertiary/aromatic N) is 1. The van der Waals surface area contributed by atoms with Gasteiger partial charge in [0.15, 0.2) is 6.61 Å². The molecule has 0 unspecified atom stereocenters. The summed E-state index contributed by atoms with van der Waals surface area (Å²) in [6.07, 6.45) is 2.53. The Bertz CT molecular complexity index is 513. The van der Waals surface area contributed by atoms with E-state index in [1.54, 1.807) is 0 Å². The molecule has 5 heteroatoms. The number of aliphatic hydroxyl groups excluding tert-OH is 1. The average Bonchev–Trinajstić information content (AvgIpc) is 2.61. The molecule has 1 aliphatic heterocycles. The second kappa shape index (κ2) is 9.64. The second-order valence-electron chi connectivity index (χ2n) is 6.56. The normalized spacial score (nSPS) is 17.5. The third-order valence-electron chi connectivity index (χ3n) is 4.73. The molecule has 1 heterocycles. The fourth-order valence-electron chi connectivity index (χ4n) is 2.93. The molecule has 1 atom stereocenters. The van der Waals surface area contributed by atoms with Crippen molar-refractivity contribution in [2.75, 3.05) is 32.8 Å². The van der Waals surface area contributed by atoms with Crippen LogP contribution >= 0.6 is 0 Å². The lowest BCUT2D eigenvalue weighted by atomic mass is 9.98. The lowest BCUT2D eigenvalue weighted by Crippen LogP contribution is -2.41. The Morgan fingerprint density at radius 2 is 2.08 bits per heavy atom. The van der Waals surface area contributed by atoms with Crippen molar-refractivity contribution >= 4 is 5.91 Å². The van der Waals surface area contributed by atoms with Gasteiger partial charge >= 0.3 is 0 Å². The van der Waals surface area contributed by atoms with E-state index in [0.29, 0.717) is 12.5 Å². The molecule has 134 valence electrons. The van der Waals surface area contributed by atoms with Gasteiger partial charge in [0.05, 0.1) is 6.10 Å². The zero-order chi connectivity index (χ0) is 17.4. The van der Waals surface area contributed by atoms with Gasteiger partial charge in [-0.05, 0) is 36.8 Å². The molecule has 1 amide bonds. The number of hydrogen-bond donors (Lipinski definition) is 2. The van der Waals surface area contributed by atoms with Crippen LogP contribution in [0.5, 0.6) is 5.75 Å². The van der Waals surface area contributed by atoms with E-state index in [9.17, 15) is 9.90 Å². The summed E-state index contributed by atoms with van der Waals surface area (Å²) in [6.45, 7) is 7.59. The number of nitrogens with one attached hydrogen (secondary N) is 1. The molecule has 0 spiro atoms. The Morgan fingerprint density at radius 3 is 2.79 bits per heavy atom. The molecular weight excluding hydrogens is 304 g/mol. The van der Waals surface area contributed by atoms with E-state index < -0.39 is 0 Å². The minimum absolute atomic E-state index is 0.0478. The van der Waals surface area contributed by atoms with Crippen LogP contribution in [0.3, 0.4) is 0 Å². The Balaban J connectivity index is 1.70. The lowest BCUT2D eigenvalue weighted by Gasteiger charge is -2.29. The molecule has 0 radical (unpaired) electrons. The monoisotopic (exact) mass is 334 g/mol. The number of rotatable bonds is 8. The quantitative estimate of drug-likeness (QED) is 0.765. The highest BCUT2D eigenvalue weighted by molar-refractivity contribution is 5.77. The zero-order valence-corrected chi connectivity index (χ0v) is 14.8. The Labute approximate surface area is 145 Å². The SMILES string of the molecule is CC[C@@H](C)c1ccccc1OCC(=O)NCCN1CCC(O)CC1. The number of piperidine rings is 1. The highest BCUT2D eigenvalue weighted by Crippen LogP contribution is 2.28. The summed E-state index contributed by atoms with van der Waals surface area (Å²) in [7, 11) is 0. The van der Waals surface area contributed by atoms with Crippen LogP contribution in [0, 0.1) is 0 Å². The van der Waals surface area contributed by atoms with E-state index >= 15 is 0 Å². The predicted molar refractivity (Wildman–Crippen MR) is 95.3 cm³/mol. The number of likely N-dealkylation sites (tertiary alicyclic amines) is 1. The van der Waals surface area contributed by atoms with E-state index in [0.717, 1.165) is 50.2 Å². The molecular formula is C19H30N2O3. The number of ether oxygens (including phenoxy) is 1. The number of carbonyl (C=O) groups excluding carboxylic acids is 1. The van der Waals surface area contributed by atoms with Gasteiger partial charge in [-0.2, -0.15) is 0 Å². The summed E-state index contributed by atoms with van der Waals surface area (Å²) < 4.78 is 5.72. The molecule has 0 bridgehead atoms. The number of amides is 1. The molecule has 1 aromatic rings. The summed E-state index contributed by atoms with van der Waals surface area (Å²) in [6, 6.07) is 7.92. The number of para-hydroxylation sites is 1. The molecule has 0 aliphatic carbocycles. The molecule has 24 heavy (non-hydrogen) atoms. The van der Waals surface area contributed by atoms with Crippen molar-refractivity contribution in [3.05, 3.63) is 29.8 Å². The van der Waals surface area contributed by atoms with Crippen LogP contribution in [0.2, 0.25) is 0 Å². The number of benzene rings is 1. The first kappa shape index (κ1) is 18.7. The topological polar surface area (TPSA) is 61.8 Å². The number of aliphatic hydroxyl groups is 1. The predicted octanol–water partition coefficient (Wildman–Crippen LogP) is 2.15. The third kappa shape index (κ3) is 5.80. The van der Waals surface area contributed by atoms with Crippen molar-refractivity contribution in [1.82, 2.24) is 10.2 Å². The van der Waals surface area contributed by atoms with E-state index in [1.807, 2.05) is 18.2 Å². The van der Waals surface area contributed by atoms with Crippen molar-refractivity contribution in [3.8, 4) is 5.75 Å². The highest BCUT2D eigenvalue weighted by Gasteiger charge is 2.16. The zero-order valence-electron chi connectivity index (χ0n) is 14.8. The van der Waals surface area contributed by atoms with Crippen molar-refractivity contribution in [2.45, 2.75) is 45.1 Å². The fourth-order valence-corrected chi connectivity index (χ4v) is 2.93. The van der Waals surface area contributed by atoms with Gasteiger partial charge < -0.3 is 20.1 Å². The van der Waals surface area contributed by atoms with Crippen molar-refractivity contribution in [2.24, 2.45) is 0 Å². The summed E-state index contributed by atoms with van der Waals surface area (Å²) in [5, 5.41) is 12.4. The van der Waals surface area contributed by atoms with Crippen LogP contribution in [0.1, 0.15) is 44.6 Å². The fraction of sp³-hybridized carbons (Fsp3) is 0.632. The molecule has 1 aliphatic rings. The first-order valence-corrected chi connectivity index (χ1v) is 8.99. The Kier molecular flexibility index (Phi) is 7.53. The lowest BCUT2D eigenvalue weighted by molar-refractivity contribution is -0.123. The summed E-state index contributed by atoms with van der Waals surface area (Å²) >= 11 is 0. The van der Waals surface area contributed by atoms with E-state index in [2.05, 4.69) is 30.1 Å². The van der Waals surface area contributed by atoms with Gasteiger partial charge in [-0.15, -0.1) is 0 Å². The smallest absolute Gasteiger partial charge is 0.257 e. The first-order valence-electron chi connectivity index (χ1n) is 8.99. The molecule has 2 N–H and O–H groups in total. The summed E-state index contributed by atoms with van der Waals surface area (Å²) in [5.41, 5.74) is 1.15. The van der Waals surface area contributed by atoms with Gasteiger partial charge in [-0.1, -0.05) is 32.0 Å². The van der Waals surface area contributed by atoms with Crippen LogP contribution in [0.25, 0.3) is 0 Å². The van der Waals surface area contributed by atoms with Gasteiger partial charge in [-0.3, -0.25) is 4.79 Å². The summed E-state index contributed by atoms with van der Waals surface area (Å²) in [4.78, 5) is 14.2. The maximum absolute atomic E-state index is 12.0. The van der Waals surface area contributed by atoms with Crippen LogP contribution in [0.15, 0.2) is 24.3 Å². The van der Waals surface area contributed by atoms with Gasteiger partial charge in [0.1, 0.15) is 5.75 Å². The minimum Gasteiger partial charge on any atom is -0.483 e. The van der Waals surface area contributed by atoms with Crippen molar-refractivity contribution < 1.29 is 14.6 Å². The second-order valence-corrected chi connectivity index (χ2v) is 6.56. The van der Waals surface area contributed by atoms with E-state index in [-0.39, 0.29) is 18.6 Å². The number of carbonyl (C=O) groups is 1. The molecule has 1 saturated heterocycles. The van der Waals surface area contributed by atoms with Crippen LogP contribution in [0.4, 0.5) is 0 Å². The van der Waals surface area contributed by atoms with E-state index in [1.165, 1.54) is 0 Å². The van der Waals surface area contributed by atoms with Gasteiger partial charge in [-0.25, -0.2) is 0 Å². The maximum atomic E-state index is 12.0. The van der Waals surface area contributed by atoms with Crippen LogP contribution in [-0.2, 0) is 4.79 Å². The Hall–Kier alpha value is -1.59. The minimum atomic E-state index is -0.158. The van der Waals surface area contributed by atoms with E-state index in [4.69, 9.17) is 4.74 Å². The van der Waals surface area contributed by atoms with Gasteiger partial charge in [0.2, 0.25) is 0 Å².